The highest BCUT2D eigenvalue weighted by Gasteiger charge is 2.23. The van der Waals surface area contributed by atoms with Gasteiger partial charge in [-0.2, -0.15) is 4.98 Å². The lowest BCUT2D eigenvalue weighted by atomic mass is 9.91. The summed E-state index contributed by atoms with van der Waals surface area (Å²) >= 11 is 6.09. The molecule has 1 aliphatic carbocycles. The number of aromatic amines is 1. The van der Waals surface area contributed by atoms with Crippen molar-refractivity contribution in [1.82, 2.24) is 19.9 Å². The molecule has 5 nitrogen and oxygen atoms in total. The number of anilines is 1. The van der Waals surface area contributed by atoms with Crippen molar-refractivity contribution in [3.05, 3.63) is 59.1 Å². The topological polar surface area (TPSA) is 66.5 Å². The summed E-state index contributed by atoms with van der Waals surface area (Å²) in [6.07, 6.45) is 4.76. The summed E-state index contributed by atoms with van der Waals surface area (Å²) in [5.41, 5.74) is 5.48. The standard InChI is InChI=1S/C19H16ClN5/c20-19-24-16-6-3-9-21-17(16)18(25-19)22-11-7-8-15-13(10-11)12-4-1-2-5-14(12)23-15/h1-6,9,11,23H,7-8,10H2,(H,22,24,25)/t11-/m1/s1. The van der Waals surface area contributed by atoms with Gasteiger partial charge in [0.1, 0.15) is 5.52 Å². The molecule has 0 radical (unpaired) electrons. The van der Waals surface area contributed by atoms with Crippen LogP contribution >= 0.6 is 11.6 Å². The van der Waals surface area contributed by atoms with Gasteiger partial charge in [0, 0.05) is 28.8 Å². The molecule has 3 heterocycles. The van der Waals surface area contributed by atoms with Crippen LogP contribution in [0.3, 0.4) is 0 Å². The van der Waals surface area contributed by atoms with Crippen LogP contribution in [-0.4, -0.2) is 26.0 Å². The second-order valence-electron chi connectivity index (χ2n) is 6.42. The van der Waals surface area contributed by atoms with Gasteiger partial charge in [0.2, 0.25) is 5.28 Å². The number of nitrogens with one attached hydrogen (secondary N) is 2. The average molecular weight is 350 g/mol. The Morgan fingerprint density at radius 1 is 1.12 bits per heavy atom. The van der Waals surface area contributed by atoms with Crippen LogP contribution in [0, 0.1) is 0 Å². The van der Waals surface area contributed by atoms with Gasteiger partial charge < -0.3 is 10.3 Å². The van der Waals surface area contributed by atoms with E-state index < -0.39 is 0 Å². The highest BCUT2D eigenvalue weighted by Crippen LogP contribution is 2.31. The summed E-state index contributed by atoms with van der Waals surface area (Å²) < 4.78 is 0. The van der Waals surface area contributed by atoms with Crippen LogP contribution in [-0.2, 0) is 12.8 Å². The summed E-state index contributed by atoms with van der Waals surface area (Å²) in [7, 11) is 0. The smallest absolute Gasteiger partial charge is 0.225 e. The number of rotatable bonds is 2. The molecule has 0 aliphatic heterocycles. The lowest BCUT2D eigenvalue weighted by Crippen LogP contribution is -2.27. The van der Waals surface area contributed by atoms with Crippen LogP contribution in [0.4, 0.5) is 5.82 Å². The summed E-state index contributed by atoms with van der Waals surface area (Å²) in [5.74, 6) is 0.712. The quantitative estimate of drug-likeness (QED) is 0.534. The van der Waals surface area contributed by atoms with Crippen molar-refractivity contribution in [1.29, 1.82) is 0 Å². The number of hydrogen-bond acceptors (Lipinski definition) is 4. The largest absolute Gasteiger partial charge is 0.365 e. The number of H-pyrrole nitrogens is 1. The Hall–Kier alpha value is -2.66. The third-order valence-corrected chi connectivity index (χ3v) is 5.03. The maximum absolute atomic E-state index is 6.09. The van der Waals surface area contributed by atoms with Crippen LogP contribution in [0.5, 0.6) is 0 Å². The highest BCUT2D eigenvalue weighted by atomic mass is 35.5. The highest BCUT2D eigenvalue weighted by molar-refractivity contribution is 6.28. The second-order valence-corrected chi connectivity index (χ2v) is 6.76. The fourth-order valence-electron chi connectivity index (χ4n) is 3.73. The van der Waals surface area contributed by atoms with Crippen molar-refractivity contribution in [2.24, 2.45) is 0 Å². The Balaban J connectivity index is 1.50. The first-order valence-corrected chi connectivity index (χ1v) is 8.79. The minimum Gasteiger partial charge on any atom is -0.365 e. The minimum atomic E-state index is 0.242. The van der Waals surface area contributed by atoms with E-state index in [0.717, 1.165) is 30.3 Å². The summed E-state index contributed by atoms with van der Waals surface area (Å²) in [6.45, 7) is 0. The molecule has 5 rings (SSSR count). The molecule has 0 saturated heterocycles. The maximum atomic E-state index is 6.09. The molecule has 0 fully saturated rings. The van der Waals surface area contributed by atoms with Crippen molar-refractivity contribution >= 4 is 39.4 Å². The fourth-order valence-corrected chi connectivity index (χ4v) is 3.90. The molecule has 6 heteroatoms. The Kier molecular flexibility index (Phi) is 3.35. The monoisotopic (exact) mass is 349 g/mol. The number of aromatic nitrogens is 4. The third-order valence-electron chi connectivity index (χ3n) is 4.86. The van der Waals surface area contributed by atoms with E-state index in [1.807, 2.05) is 12.1 Å². The van der Waals surface area contributed by atoms with Gasteiger partial charge in [0.05, 0.1) is 5.52 Å². The first-order chi connectivity index (χ1) is 12.3. The molecule has 1 atom stereocenters. The molecule has 3 aromatic heterocycles. The van der Waals surface area contributed by atoms with Crippen LogP contribution in [0.2, 0.25) is 5.28 Å². The Morgan fingerprint density at radius 2 is 2.04 bits per heavy atom. The predicted molar refractivity (Wildman–Crippen MR) is 100 cm³/mol. The number of para-hydroxylation sites is 1. The van der Waals surface area contributed by atoms with Crippen LogP contribution in [0.1, 0.15) is 17.7 Å². The van der Waals surface area contributed by atoms with Crippen molar-refractivity contribution in [2.75, 3.05) is 5.32 Å². The van der Waals surface area contributed by atoms with Crippen LogP contribution < -0.4 is 5.32 Å². The average Bonchev–Trinajstić information content (AvgIpc) is 3.00. The van der Waals surface area contributed by atoms with Crippen molar-refractivity contribution in [3.63, 3.8) is 0 Å². The molecule has 25 heavy (non-hydrogen) atoms. The molecular formula is C19H16ClN5. The number of pyridine rings is 1. The van der Waals surface area contributed by atoms with E-state index in [1.54, 1.807) is 6.20 Å². The predicted octanol–water partition coefficient (Wildman–Crippen LogP) is 4.13. The van der Waals surface area contributed by atoms with E-state index in [-0.39, 0.29) is 5.28 Å². The van der Waals surface area contributed by atoms with E-state index in [4.69, 9.17) is 11.6 Å². The van der Waals surface area contributed by atoms with Gasteiger partial charge >= 0.3 is 0 Å². The minimum absolute atomic E-state index is 0.242. The number of halogens is 1. The number of fused-ring (bicyclic) bond motifs is 4. The van der Waals surface area contributed by atoms with E-state index in [2.05, 4.69) is 49.5 Å². The van der Waals surface area contributed by atoms with Gasteiger partial charge in [-0.1, -0.05) is 18.2 Å². The Labute approximate surface area is 149 Å². The SMILES string of the molecule is Clc1nc(N[C@@H]2CCc3[nH]c4ccccc4c3C2)c2ncccc2n1. The Morgan fingerprint density at radius 3 is 3.00 bits per heavy atom. The van der Waals surface area contributed by atoms with E-state index in [0.29, 0.717) is 11.9 Å². The molecule has 1 aromatic carbocycles. The molecule has 4 aromatic rings. The summed E-state index contributed by atoms with van der Waals surface area (Å²) in [5, 5.41) is 5.10. The maximum Gasteiger partial charge on any atom is 0.225 e. The van der Waals surface area contributed by atoms with Crippen molar-refractivity contribution < 1.29 is 0 Å². The third kappa shape index (κ3) is 2.51. The molecule has 1 aliphatic rings. The number of aryl methyl sites for hydroxylation is 1. The van der Waals surface area contributed by atoms with Crippen molar-refractivity contribution in [3.8, 4) is 0 Å². The van der Waals surface area contributed by atoms with Gasteiger partial charge in [0.15, 0.2) is 5.82 Å². The zero-order valence-electron chi connectivity index (χ0n) is 13.5. The van der Waals surface area contributed by atoms with E-state index in [1.165, 1.54) is 22.2 Å². The first kappa shape index (κ1) is 14.7. The number of nitrogens with zero attached hydrogens (tertiary/aromatic N) is 3. The molecule has 0 spiro atoms. The number of benzene rings is 1. The van der Waals surface area contributed by atoms with Gasteiger partial charge in [0.25, 0.3) is 0 Å². The van der Waals surface area contributed by atoms with Crippen LogP contribution in [0.25, 0.3) is 21.9 Å². The van der Waals surface area contributed by atoms with E-state index >= 15 is 0 Å². The summed E-state index contributed by atoms with van der Waals surface area (Å²) in [6, 6.07) is 12.5. The van der Waals surface area contributed by atoms with E-state index in [9.17, 15) is 0 Å². The molecule has 0 unspecified atom stereocenters. The Bertz CT molecular complexity index is 1090. The molecular weight excluding hydrogens is 334 g/mol. The zero-order chi connectivity index (χ0) is 16.8. The van der Waals surface area contributed by atoms with Gasteiger partial charge in [-0.25, -0.2) is 4.98 Å². The first-order valence-electron chi connectivity index (χ1n) is 8.41. The molecule has 2 N–H and O–H groups in total. The molecule has 0 amide bonds. The fraction of sp³-hybridized carbons (Fsp3) is 0.211. The zero-order valence-corrected chi connectivity index (χ0v) is 14.2. The normalized spacial score (nSPS) is 16.9. The van der Waals surface area contributed by atoms with Crippen molar-refractivity contribution in [2.45, 2.75) is 25.3 Å². The number of hydrogen-bond donors (Lipinski definition) is 2. The molecule has 0 bridgehead atoms. The van der Waals surface area contributed by atoms with Gasteiger partial charge in [-0.05, 0) is 54.6 Å². The summed E-state index contributed by atoms with van der Waals surface area (Å²) in [4.78, 5) is 16.6. The van der Waals surface area contributed by atoms with Gasteiger partial charge in [-0.3, -0.25) is 4.98 Å². The second kappa shape index (κ2) is 5.70. The molecule has 0 saturated carbocycles. The van der Waals surface area contributed by atoms with Gasteiger partial charge in [-0.15, -0.1) is 0 Å². The lowest BCUT2D eigenvalue weighted by molar-refractivity contribution is 0.606. The van der Waals surface area contributed by atoms with Crippen LogP contribution in [0.15, 0.2) is 42.6 Å². The molecule has 124 valence electrons. The lowest BCUT2D eigenvalue weighted by Gasteiger charge is -2.24.